The van der Waals surface area contributed by atoms with Gasteiger partial charge < -0.3 is 9.88 Å². The molecule has 31 heavy (non-hydrogen) atoms. The number of rotatable bonds is 5. The van der Waals surface area contributed by atoms with Crippen molar-refractivity contribution in [3.63, 3.8) is 0 Å². The number of nitriles is 1. The topological polar surface area (TPSA) is 69.8 Å². The number of hydrogen-bond donors (Lipinski definition) is 1. The minimum Gasteiger partial charge on any atom is -0.350 e. The van der Waals surface area contributed by atoms with Gasteiger partial charge in [-0.05, 0) is 43.1 Å². The Labute approximate surface area is 185 Å². The number of nitrogens with zero attached hydrogens (tertiary/aromatic N) is 5. The van der Waals surface area contributed by atoms with Crippen LogP contribution in [-0.2, 0) is 13.6 Å². The Kier molecular flexibility index (Phi) is 5.41. The largest absolute Gasteiger partial charge is 0.350 e. The number of benzene rings is 1. The molecule has 0 spiro atoms. The summed E-state index contributed by atoms with van der Waals surface area (Å²) in [6.07, 6.45) is 6.31. The summed E-state index contributed by atoms with van der Waals surface area (Å²) in [7, 11) is 2.12. The lowest BCUT2D eigenvalue weighted by Gasteiger charge is -2.31. The lowest BCUT2D eigenvalue weighted by molar-refractivity contribution is 0.199. The van der Waals surface area contributed by atoms with Crippen LogP contribution in [0.1, 0.15) is 35.7 Å². The number of para-hydroxylation sites is 1. The third-order valence-corrected chi connectivity index (χ3v) is 6.72. The monoisotopic (exact) mass is 428 g/mol. The third kappa shape index (κ3) is 4.18. The van der Waals surface area contributed by atoms with E-state index in [9.17, 15) is 0 Å². The number of thiazole rings is 1. The number of likely N-dealkylation sites (tertiary alicyclic amines) is 1. The van der Waals surface area contributed by atoms with Crippen LogP contribution in [0.4, 0.5) is 10.8 Å². The van der Waals surface area contributed by atoms with Crippen LogP contribution in [0.2, 0.25) is 0 Å². The van der Waals surface area contributed by atoms with Crippen LogP contribution in [0.5, 0.6) is 0 Å². The zero-order chi connectivity index (χ0) is 21.2. The van der Waals surface area contributed by atoms with Crippen molar-refractivity contribution in [3.8, 4) is 6.07 Å². The van der Waals surface area contributed by atoms with E-state index in [1.165, 1.54) is 29.3 Å². The van der Waals surface area contributed by atoms with Gasteiger partial charge in [0.05, 0.1) is 17.6 Å². The molecule has 156 valence electrons. The van der Waals surface area contributed by atoms with Crippen molar-refractivity contribution in [1.82, 2.24) is 19.4 Å². The van der Waals surface area contributed by atoms with E-state index >= 15 is 0 Å². The minimum atomic E-state index is 0.416. The number of anilines is 2. The maximum Gasteiger partial charge on any atom is 0.187 e. The van der Waals surface area contributed by atoms with E-state index in [1.807, 2.05) is 12.1 Å². The van der Waals surface area contributed by atoms with Gasteiger partial charge in [0, 0.05) is 48.5 Å². The first-order valence-corrected chi connectivity index (χ1v) is 11.4. The van der Waals surface area contributed by atoms with Crippen LogP contribution in [-0.4, -0.2) is 32.5 Å². The predicted octanol–water partition coefficient (Wildman–Crippen LogP) is 5.02. The van der Waals surface area contributed by atoms with Gasteiger partial charge in [-0.1, -0.05) is 18.2 Å². The Bertz CT molecular complexity index is 1230. The van der Waals surface area contributed by atoms with Gasteiger partial charge in [-0.25, -0.2) is 9.97 Å². The highest BCUT2D eigenvalue weighted by molar-refractivity contribution is 7.13. The number of nitrogens with one attached hydrogen (secondary N) is 1. The fourth-order valence-electron chi connectivity index (χ4n) is 4.42. The summed E-state index contributed by atoms with van der Waals surface area (Å²) in [6, 6.07) is 14.2. The van der Waals surface area contributed by atoms with Gasteiger partial charge in [-0.2, -0.15) is 5.26 Å². The molecular weight excluding hydrogens is 404 g/mol. The standard InChI is InChI=1S/C24H24N6S/c1-29-13-18(21-6-2-3-7-23(21)29)15-30-10-4-5-17(14-30)22-16-31-24(28-22)27-20-9-8-19(11-25)26-12-20/h2-3,6-9,12-13,16-17H,4-5,10,14-15H2,1H3,(H,27,28). The molecule has 4 aromatic rings. The van der Waals surface area contributed by atoms with E-state index in [2.05, 4.69) is 62.7 Å². The summed E-state index contributed by atoms with van der Waals surface area (Å²) >= 11 is 1.62. The van der Waals surface area contributed by atoms with E-state index in [4.69, 9.17) is 10.2 Å². The molecule has 5 rings (SSSR count). The van der Waals surface area contributed by atoms with Crippen molar-refractivity contribution in [3.05, 3.63) is 71.1 Å². The lowest BCUT2D eigenvalue weighted by Crippen LogP contribution is -2.34. The number of hydrogen-bond acceptors (Lipinski definition) is 6. The molecule has 7 heteroatoms. The van der Waals surface area contributed by atoms with Crippen LogP contribution in [0, 0.1) is 11.3 Å². The number of pyridine rings is 1. The molecule has 0 aliphatic carbocycles. The maximum absolute atomic E-state index is 8.89. The molecule has 1 unspecified atom stereocenters. The SMILES string of the molecule is Cn1cc(CN2CCCC(c3csc(Nc4ccc(C#N)nc4)n3)C2)c2ccccc21. The van der Waals surface area contributed by atoms with E-state index in [0.717, 1.165) is 36.1 Å². The van der Waals surface area contributed by atoms with Crippen LogP contribution in [0.25, 0.3) is 10.9 Å². The smallest absolute Gasteiger partial charge is 0.187 e. The van der Waals surface area contributed by atoms with E-state index < -0.39 is 0 Å². The molecule has 6 nitrogen and oxygen atoms in total. The average Bonchev–Trinajstić information content (AvgIpc) is 3.40. The number of aryl methyl sites for hydroxylation is 1. The molecule has 1 aliphatic heterocycles. The summed E-state index contributed by atoms with van der Waals surface area (Å²) in [5.41, 5.74) is 5.11. The molecule has 1 fully saturated rings. The predicted molar refractivity (Wildman–Crippen MR) is 125 cm³/mol. The van der Waals surface area contributed by atoms with Gasteiger partial charge in [-0.3, -0.25) is 4.90 Å². The van der Waals surface area contributed by atoms with Crippen LogP contribution >= 0.6 is 11.3 Å². The van der Waals surface area contributed by atoms with Gasteiger partial charge in [-0.15, -0.1) is 11.3 Å². The fourth-order valence-corrected chi connectivity index (χ4v) is 5.23. The highest BCUT2D eigenvalue weighted by atomic mass is 32.1. The van der Waals surface area contributed by atoms with E-state index in [-0.39, 0.29) is 0 Å². The second-order valence-electron chi connectivity index (χ2n) is 8.10. The maximum atomic E-state index is 8.89. The molecule has 0 bridgehead atoms. The molecule has 0 amide bonds. The second kappa shape index (κ2) is 8.50. The van der Waals surface area contributed by atoms with Crippen LogP contribution in [0.3, 0.4) is 0 Å². The number of fused-ring (bicyclic) bond motifs is 1. The van der Waals surface area contributed by atoms with Crippen molar-refractivity contribution in [2.75, 3.05) is 18.4 Å². The molecule has 1 atom stereocenters. The Morgan fingerprint density at radius 1 is 1.26 bits per heavy atom. The average molecular weight is 429 g/mol. The summed E-state index contributed by atoms with van der Waals surface area (Å²) in [6.45, 7) is 3.14. The van der Waals surface area contributed by atoms with Crippen molar-refractivity contribution in [2.24, 2.45) is 7.05 Å². The quantitative estimate of drug-likeness (QED) is 0.483. The molecule has 0 saturated carbocycles. The van der Waals surface area contributed by atoms with Crippen molar-refractivity contribution >= 4 is 33.1 Å². The lowest BCUT2D eigenvalue weighted by atomic mass is 9.95. The normalized spacial score (nSPS) is 17.0. The summed E-state index contributed by atoms with van der Waals surface area (Å²) < 4.78 is 2.22. The molecule has 4 heterocycles. The molecule has 1 N–H and O–H groups in total. The van der Waals surface area contributed by atoms with Gasteiger partial charge in [0.15, 0.2) is 5.13 Å². The van der Waals surface area contributed by atoms with Gasteiger partial charge in [0.2, 0.25) is 0 Å². The molecule has 0 radical (unpaired) electrons. The molecule has 1 aliphatic rings. The summed E-state index contributed by atoms with van der Waals surface area (Å²) in [5.74, 6) is 0.453. The zero-order valence-electron chi connectivity index (χ0n) is 17.5. The highest BCUT2D eigenvalue weighted by Crippen LogP contribution is 2.32. The third-order valence-electron chi connectivity index (χ3n) is 5.95. The first kappa shape index (κ1) is 19.7. The Hall–Kier alpha value is -3.21. The highest BCUT2D eigenvalue weighted by Gasteiger charge is 2.24. The van der Waals surface area contributed by atoms with E-state index in [1.54, 1.807) is 23.6 Å². The van der Waals surface area contributed by atoms with Crippen molar-refractivity contribution in [1.29, 1.82) is 5.26 Å². The first-order valence-electron chi connectivity index (χ1n) is 10.5. The molecule has 1 saturated heterocycles. The number of aromatic nitrogens is 3. The Morgan fingerprint density at radius 2 is 2.16 bits per heavy atom. The summed E-state index contributed by atoms with van der Waals surface area (Å²) in [5, 5.41) is 16.6. The fraction of sp³-hybridized carbons (Fsp3) is 0.292. The van der Waals surface area contributed by atoms with Crippen LogP contribution in [0.15, 0.2) is 54.2 Å². The molecule has 1 aromatic carbocycles. The zero-order valence-corrected chi connectivity index (χ0v) is 18.3. The number of piperidine rings is 1. The minimum absolute atomic E-state index is 0.416. The van der Waals surface area contributed by atoms with Gasteiger partial charge >= 0.3 is 0 Å². The first-order chi connectivity index (χ1) is 15.2. The van der Waals surface area contributed by atoms with E-state index in [0.29, 0.717) is 11.6 Å². The second-order valence-corrected chi connectivity index (χ2v) is 8.96. The summed E-state index contributed by atoms with van der Waals surface area (Å²) in [4.78, 5) is 11.5. The van der Waals surface area contributed by atoms with Crippen molar-refractivity contribution < 1.29 is 0 Å². The van der Waals surface area contributed by atoms with Gasteiger partial charge in [0.25, 0.3) is 0 Å². The Morgan fingerprint density at radius 3 is 3.00 bits per heavy atom. The van der Waals surface area contributed by atoms with Gasteiger partial charge in [0.1, 0.15) is 11.8 Å². The molecule has 3 aromatic heterocycles. The molecular formula is C24H24N6S. The Balaban J connectivity index is 1.26. The van der Waals surface area contributed by atoms with Crippen LogP contribution < -0.4 is 5.32 Å². The van der Waals surface area contributed by atoms with Crippen molar-refractivity contribution in [2.45, 2.75) is 25.3 Å².